The molecule has 106 valence electrons. The predicted octanol–water partition coefficient (Wildman–Crippen LogP) is 3.67. The Morgan fingerprint density at radius 2 is 1.95 bits per heavy atom. The van der Waals surface area contributed by atoms with Gasteiger partial charge in [0.25, 0.3) is 0 Å². The predicted molar refractivity (Wildman–Crippen MR) is 61.8 cm³/mol. The van der Waals surface area contributed by atoms with Gasteiger partial charge in [0.05, 0.1) is 5.56 Å². The molecule has 0 radical (unpaired) electrons. The number of carbonyl (C=O) groups is 1. The molecule has 1 aromatic carbocycles. The molecular formula is C12H13F4NO2. The fourth-order valence-corrected chi connectivity index (χ4v) is 1.52. The van der Waals surface area contributed by atoms with Gasteiger partial charge >= 0.3 is 12.1 Å². The Labute approximate surface area is 107 Å². The number of carboxylic acids is 1. The fraction of sp³-hybridized carbons (Fsp3) is 0.417. The van der Waals surface area contributed by atoms with Gasteiger partial charge in [-0.3, -0.25) is 0 Å². The van der Waals surface area contributed by atoms with Gasteiger partial charge in [-0.2, -0.15) is 13.2 Å². The van der Waals surface area contributed by atoms with Crippen LogP contribution in [0.5, 0.6) is 0 Å². The molecule has 0 bridgehead atoms. The first-order chi connectivity index (χ1) is 8.79. The van der Waals surface area contributed by atoms with Crippen molar-refractivity contribution >= 4 is 11.7 Å². The van der Waals surface area contributed by atoms with Crippen molar-refractivity contribution in [3.8, 4) is 0 Å². The van der Waals surface area contributed by atoms with Crippen molar-refractivity contribution in [1.82, 2.24) is 0 Å². The van der Waals surface area contributed by atoms with Crippen molar-refractivity contribution in [2.24, 2.45) is 0 Å². The second kappa shape index (κ2) is 6.40. The molecule has 0 spiro atoms. The Morgan fingerprint density at radius 1 is 1.26 bits per heavy atom. The summed E-state index contributed by atoms with van der Waals surface area (Å²) in [6.07, 6.45) is -4.85. The van der Waals surface area contributed by atoms with E-state index in [9.17, 15) is 22.4 Å². The van der Waals surface area contributed by atoms with Gasteiger partial charge in [0, 0.05) is 18.7 Å². The van der Waals surface area contributed by atoms with Crippen LogP contribution in [0.25, 0.3) is 0 Å². The number of aromatic carboxylic acids is 1. The highest BCUT2D eigenvalue weighted by molar-refractivity contribution is 5.94. The summed E-state index contributed by atoms with van der Waals surface area (Å²) in [7, 11) is 0. The lowest BCUT2D eigenvalue weighted by Gasteiger charge is -2.10. The molecular weight excluding hydrogens is 266 g/mol. The summed E-state index contributed by atoms with van der Waals surface area (Å²) >= 11 is 0. The Bertz CT molecular complexity index is 446. The third-order valence-electron chi connectivity index (χ3n) is 2.41. The number of rotatable bonds is 6. The van der Waals surface area contributed by atoms with E-state index in [1.807, 2.05) is 0 Å². The highest BCUT2D eigenvalue weighted by Crippen LogP contribution is 2.22. The minimum absolute atomic E-state index is 0.0416. The molecule has 0 aromatic heterocycles. The summed E-state index contributed by atoms with van der Waals surface area (Å²) in [6, 6.07) is 3.20. The Balaban J connectivity index is 2.47. The normalized spacial score (nSPS) is 11.4. The van der Waals surface area contributed by atoms with Gasteiger partial charge in [0.1, 0.15) is 5.82 Å². The molecule has 0 atom stereocenters. The Hall–Kier alpha value is -1.79. The molecule has 3 nitrogen and oxygen atoms in total. The van der Waals surface area contributed by atoms with Crippen molar-refractivity contribution in [2.75, 3.05) is 11.9 Å². The van der Waals surface area contributed by atoms with E-state index in [-0.39, 0.29) is 30.6 Å². The summed E-state index contributed by atoms with van der Waals surface area (Å²) in [5.41, 5.74) is -0.0447. The van der Waals surface area contributed by atoms with Crippen molar-refractivity contribution < 1.29 is 27.5 Å². The maximum absolute atomic E-state index is 12.9. The van der Waals surface area contributed by atoms with Crippen molar-refractivity contribution in [2.45, 2.75) is 25.4 Å². The Kier molecular flexibility index (Phi) is 5.14. The molecule has 0 saturated carbocycles. The third kappa shape index (κ3) is 5.58. The Morgan fingerprint density at radius 3 is 2.53 bits per heavy atom. The quantitative estimate of drug-likeness (QED) is 0.617. The van der Waals surface area contributed by atoms with Crippen LogP contribution >= 0.6 is 0 Å². The van der Waals surface area contributed by atoms with Crippen LogP contribution in [0.3, 0.4) is 0 Å². The summed E-state index contributed by atoms with van der Waals surface area (Å²) in [5, 5.41) is 11.5. The van der Waals surface area contributed by atoms with E-state index >= 15 is 0 Å². The number of hydrogen-bond donors (Lipinski definition) is 2. The van der Waals surface area contributed by atoms with E-state index in [0.29, 0.717) is 0 Å². The van der Waals surface area contributed by atoms with Gasteiger partial charge in [-0.05, 0) is 31.0 Å². The summed E-state index contributed by atoms with van der Waals surface area (Å²) in [6.45, 7) is 0.196. The number of carboxylic acid groups (broad SMARTS) is 1. The zero-order valence-electron chi connectivity index (χ0n) is 9.93. The lowest BCUT2D eigenvalue weighted by atomic mass is 10.1. The average Bonchev–Trinajstić information content (AvgIpc) is 2.28. The van der Waals surface area contributed by atoms with Crippen LogP contribution in [0.1, 0.15) is 29.6 Å². The smallest absolute Gasteiger partial charge is 0.389 e. The van der Waals surface area contributed by atoms with Crippen LogP contribution in [0.15, 0.2) is 18.2 Å². The molecule has 0 fully saturated rings. The maximum Gasteiger partial charge on any atom is 0.389 e. The fourth-order valence-electron chi connectivity index (χ4n) is 1.52. The average molecular weight is 279 g/mol. The van der Waals surface area contributed by atoms with Crippen molar-refractivity contribution in [1.29, 1.82) is 0 Å². The molecule has 0 amide bonds. The topological polar surface area (TPSA) is 49.3 Å². The van der Waals surface area contributed by atoms with Gasteiger partial charge in [-0.15, -0.1) is 0 Å². The summed E-state index contributed by atoms with van der Waals surface area (Å²) < 4.78 is 48.5. The van der Waals surface area contributed by atoms with E-state index in [2.05, 4.69) is 5.32 Å². The van der Waals surface area contributed by atoms with Crippen LogP contribution in [-0.2, 0) is 0 Å². The molecule has 19 heavy (non-hydrogen) atoms. The van der Waals surface area contributed by atoms with E-state index < -0.39 is 24.4 Å². The molecule has 0 heterocycles. The number of halogens is 4. The lowest BCUT2D eigenvalue weighted by Crippen LogP contribution is -2.10. The molecule has 0 saturated heterocycles. The van der Waals surface area contributed by atoms with E-state index in [0.717, 1.165) is 12.1 Å². The SMILES string of the molecule is O=C(O)c1cc(F)ccc1NCCCCC(F)(F)F. The minimum atomic E-state index is -4.18. The van der Waals surface area contributed by atoms with E-state index in [1.165, 1.54) is 6.07 Å². The molecule has 0 aliphatic rings. The number of hydrogen-bond acceptors (Lipinski definition) is 2. The first-order valence-electron chi connectivity index (χ1n) is 5.63. The van der Waals surface area contributed by atoms with Gasteiger partial charge in [-0.1, -0.05) is 0 Å². The number of benzene rings is 1. The van der Waals surface area contributed by atoms with Gasteiger partial charge in [0.15, 0.2) is 0 Å². The van der Waals surface area contributed by atoms with Crippen LogP contribution in [0.2, 0.25) is 0 Å². The molecule has 7 heteroatoms. The minimum Gasteiger partial charge on any atom is -0.478 e. The molecule has 0 aliphatic heterocycles. The molecule has 1 aromatic rings. The highest BCUT2D eigenvalue weighted by Gasteiger charge is 2.25. The van der Waals surface area contributed by atoms with Crippen LogP contribution in [0.4, 0.5) is 23.2 Å². The van der Waals surface area contributed by atoms with Crippen molar-refractivity contribution in [3.05, 3.63) is 29.6 Å². The standard InChI is InChI=1S/C12H13F4NO2/c13-8-3-4-10(9(7-8)11(18)19)17-6-2-1-5-12(14,15)16/h3-4,7,17H,1-2,5-6H2,(H,18,19). The van der Waals surface area contributed by atoms with Crippen LogP contribution < -0.4 is 5.32 Å². The summed E-state index contributed by atoms with van der Waals surface area (Å²) in [5.74, 6) is -1.97. The van der Waals surface area contributed by atoms with Gasteiger partial charge < -0.3 is 10.4 Å². The molecule has 1 rings (SSSR count). The van der Waals surface area contributed by atoms with Crippen molar-refractivity contribution in [3.63, 3.8) is 0 Å². The zero-order chi connectivity index (χ0) is 14.5. The molecule has 0 unspecified atom stereocenters. The lowest BCUT2D eigenvalue weighted by molar-refractivity contribution is -0.135. The zero-order valence-corrected chi connectivity index (χ0v) is 9.93. The monoisotopic (exact) mass is 279 g/mol. The second-order valence-electron chi connectivity index (χ2n) is 3.99. The van der Waals surface area contributed by atoms with E-state index in [1.54, 1.807) is 0 Å². The maximum atomic E-state index is 12.9. The third-order valence-corrected chi connectivity index (χ3v) is 2.41. The van der Waals surface area contributed by atoms with Crippen LogP contribution in [-0.4, -0.2) is 23.8 Å². The summed E-state index contributed by atoms with van der Waals surface area (Å²) in [4.78, 5) is 10.8. The second-order valence-corrected chi connectivity index (χ2v) is 3.99. The van der Waals surface area contributed by atoms with Gasteiger partial charge in [-0.25, -0.2) is 9.18 Å². The van der Waals surface area contributed by atoms with Crippen LogP contribution in [0, 0.1) is 5.82 Å². The molecule has 2 N–H and O–H groups in total. The largest absolute Gasteiger partial charge is 0.478 e. The number of nitrogens with one attached hydrogen (secondary N) is 1. The first kappa shape index (κ1) is 15.3. The number of alkyl halides is 3. The molecule has 0 aliphatic carbocycles. The van der Waals surface area contributed by atoms with Gasteiger partial charge in [0.2, 0.25) is 0 Å². The van der Waals surface area contributed by atoms with E-state index in [4.69, 9.17) is 5.11 Å². The highest BCUT2D eigenvalue weighted by atomic mass is 19.4. The first-order valence-corrected chi connectivity index (χ1v) is 5.63. The number of anilines is 1. The number of unbranched alkanes of at least 4 members (excludes halogenated alkanes) is 1.